The molecule has 0 N–H and O–H groups in total. The van der Waals surface area contributed by atoms with Crippen LogP contribution in [0, 0.1) is 12.8 Å². The molecule has 1 aromatic rings. The van der Waals surface area contributed by atoms with E-state index in [1.165, 1.54) is 11.1 Å². The molecule has 1 unspecified atom stereocenters. The zero-order valence-electron chi connectivity index (χ0n) is 11.6. The first-order valence-corrected chi connectivity index (χ1v) is 6.27. The number of benzene rings is 1. The topological polar surface area (TPSA) is 9.23 Å². The summed E-state index contributed by atoms with van der Waals surface area (Å²) in [5.74, 6) is 0.600. The Labute approximate surface area is 101 Å². The van der Waals surface area contributed by atoms with E-state index in [4.69, 9.17) is 4.74 Å². The van der Waals surface area contributed by atoms with Crippen molar-refractivity contribution in [1.82, 2.24) is 0 Å². The molecule has 0 aromatic heterocycles. The molecule has 1 aromatic carbocycles. The minimum atomic E-state index is 0.206. The summed E-state index contributed by atoms with van der Waals surface area (Å²) in [6.07, 6.45) is 0.206. The van der Waals surface area contributed by atoms with Crippen molar-refractivity contribution in [3.63, 3.8) is 0 Å². The molecule has 0 spiro atoms. The fraction of sp³-hybridized carbons (Fsp3) is 0.600. The third-order valence-corrected chi connectivity index (χ3v) is 2.23. The van der Waals surface area contributed by atoms with Crippen molar-refractivity contribution in [2.75, 3.05) is 6.61 Å². The van der Waals surface area contributed by atoms with Gasteiger partial charge in [-0.2, -0.15) is 0 Å². The smallest absolute Gasteiger partial charge is 0.0796 e. The maximum atomic E-state index is 5.73. The van der Waals surface area contributed by atoms with Gasteiger partial charge < -0.3 is 4.74 Å². The van der Waals surface area contributed by atoms with E-state index in [1.807, 2.05) is 13.8 Å². The minimum Gasteiger partial charge on any atom is -0.374 e. The molecule has 1 heteroatoms. The molecule has 0 radical (unpaired) electrons. The van der Waals surface area contributed by atoms with E-state index < -0.39 is 0 Å². The molecule has 1 rings (SSSR count). The number of ether oxygens (including phenoxy) is 1. The Morgan fingerprint density at radius 3 is 1.94 bits per heavy atom. The van der Waals surface area contributed by atoms with Gasteiger partial charge in [-0.3, -0.25) is 0 Å². The quantitative estimate of drug-likeness (QED) is 0.714. The maximum Gasteiger partial charge on any atom is 0.0796 e. The van der Waals surface area contributed by atoms with Crippen molar-refractivity contribution in [2.24, 2.45) is 5.92 Å². The molecule has 0 heterocycles. The van der Waals surface area contributed by atoms with E-state index >= 15 is 0 Å². The lowest BCUT2D eigenvalue weighted by Gasteiger charge is -2.15. The van der Waals surface area contributed by atoms with Crippen LogP contribution in [0.5, 0.6) is 0 Å². The second-order valence-corrected chi connectivity index (χ2v) is 4.28. The average Bonchev–Trinajstić information content (AvgIpc) is 2.29. The van der Waals surface area contributed by atoms with E-state index in [-0.39, 0.29) is 6.10 Å². The molecule has 0 aliphatic carbocycles. The van der Waals surface area contributed by atoms with Gasteiger partial charge in [0.15, 0.2) is 0 Å². The summed E-state index contributed by atoms with van der Waals surface area (Å²) in [6.45, 7) is 13.4. The molecular formula is C15H26O. The molecule has 1 atom stereocenters. The molecule has 0 fully saturated rings. The van der Waals surface area contributed by atoms with Crippen LogP contribution in [0.25, 0.3) is 0 Å². The summed E-state index contributed by atoms with van der Waals surface area (Å²) < 4.78 is 5.73. The van der Waals surface area contributed by atoms with Gasteiger partial charge in [-0.25, -0.2) is 0 Å². The van der Waals surface area contributed by atoms with Crippen LogP contribution in [0.1, 0.15) is 51.8 Å². The van der Waals surface area contributed by atoms with Crippen molar-refractivity contribution in [2.45, 2.75) is 47.6 Å². The maximum absolute atomic E-state index is 5.73. The van der Waals surface area contributed by atoms with E-state index in [9.17, 15) is 0 Å². The van der Waals surface area contributed by atoms with Crippen LogP contribution < -0.4 is 0 Å². The molecule has 0 saturated heterocycles. The summed E-state index contributed by atoms with van der Waals surface area (Å²) in [4.78, 5) is 0. The van der Waals surface area contributed by atoms with Crippen LogP contribution in [-0.2, 0) is 4.74 Å². The molecule has 0 bridgehead atoms. The summed E-state index contributed by atoms with van der Waals surface area (Å²) in [7, 11) is 0. The van der Waals surface area contributed by atoms with Crippen LogP contribution in [-0.4, -0.2) is 6.61 Å². The van der Waals surface area contributed by atoms with Gasteiger partial charge in [-0.05, 0) is 25.3 Å². The second-order valence-electron chi connectivity index (χ2n) is 4.28. The lowest BCUT2D eigenvalue weighted by Crippen LogP contribution is -2.06. The van der Waals surface area contributed by atoms with Gasteiger partial charge in [-0.1, -0.05) is 57.5 Å². The summed E-state index contributed by atoms with van der Waals surface area (Å²) in [5.41, 5.74) is 2.56. The van der Waals surface area contributed by atoms with E-state index in [0.717, 1.165) is 6.61 Å². The fourth-order valence-corrected chi connectivity index (χ4v) is 1.27. The SMILES string of the molecule is CC.Cc1ccc(C(C)OCC(C)C)cc1. The molecule has 0 amide bonds. The first-order valence-electron chi connectivity index (χ1n) is 6.27. The van der Waals surface area contributed by atoms with Crippen molar-refractivity contribution in [3.05, 3.63) is 35.4 Å². The molecule has 0 saturated carbocycles. The number of aryl methyl sites for hydroxylation is 1. The van der Waals surface area contributed by atoms with Crippen LogP contribution in [0.4, 0.5) is 0 Å². The fourth-order valence-electron chi connectivity index (χ4n) is 1.27. The Morgan fingerprint density at radius 2 is 1.50 bits per heavy atom. The zero-order valence-corrected chi connectivity index (χ0v) is 11.6. The van der Waals surface area contributed by atoms with E-state index in [0.29, 0.717) is 5.92 Å². The summed E-state index contributed by atoms with van der Waals surface area (Å²) in [5, 5.41) is 0. The summed E-state index contributed by atoms with van der Waals surface area (Å²) >= 11 is 0. The third kappa shape index (κ3) is 5.92. The predicted molar refractivity (Wildman–Crippen MR) is 71.7 cm³/mol. The molecule has 0 aliphatic heterocycles. The highest BCUT2D eigenvalue weighted by Crippen LogP contribution is 2.17. The van der Waals surface area contributed by atoms with Crippen LogP contribution >= 0.6 is 0 Å². The average molecular weight is 222 g/mol. The van der Waals surface area contributed by atoms with E-state index in [1.54, 1.807) is 0 Å². The Balaban J connectivity index is 0.00000106. The van der Waals surface area contributed by atoms with Crippen LogP contribution in [0.2, 0.25) is 0 Å². The Morgan fingerprint density at radius 1 is 1.00 bits per heavy atom. The normalized spacial score (nSPS) is 11.9. The standard InChI is InChI=1S/C13H20O.C2H6/c1-10(2)9-14-12(4)13-7-5-11(3)6-8-13;1-2/h5-8,10,12H,9H2,1-4H3;1-2H3. The molecule has 1 nitrogen and oxygen atoms in total. The van der Waals surface area contributed by atoms with Gasteiger partial charge in [0.05, 0.1) is 6.10 Å². The Bertz CT molecular complexity index is 261. The monoisotopic (exact) mass is 222 g/mol. The number of hydrogen-bond acceptors (Lipinski definition) is 1. The van der Waals surface area contributed by atoms with Gasteiger partial charge in [0.1, 0.15) is 0 Å². The Kier molecular flexibility index (Phi) is 7.92. The van der Waals surface area contributed by atoms with Crippen LogP contribution in [0.3, 0.4) is 0 Å². The largest absolute Gasteiger partial charge is 0.374 e. The first-order chi connectivity index (χ1) is 7.59. The predicted octanol–water partition coefficient (Wildman–Crippen LogP) is 4.75. The highest BCUT2D eigenvalue weighted by Gasteiger charge is 2.05. The number of rotatable bonds is 4. The molecule has 92 valence electrons. The van der Waals surface area contributed by atoms with E-state index in [2.05, 4.69) is 52.0 Å². The van der Waals surface area contributed by atoms with Gasteiger partial charge in [0.25, 0.3) is 0 Å². The van der Waals surface area contributed by atoms with Gasteiger partial charge in [0.2, 0.25) is 0 Å². The van der Waals surface area contributed by atoms with Gasteiger partial charge >= 0.3 is 0 Å². The first kappa shape index (κ1) is 15.2. The zero-order chi connectivity index (χ0) is 12.6. The van der Waals surface area contributed by atoms with Gasteiger partial charge in [-0.15, -0.1) is 0 Å². The van der Waals surface area contributed by atoms with Gasteiger partial charge in [0, 0.05) is 6.61 Å². The van der Waals surface area contributed by atoms with Crippen molar-refractivity contribution >= 4 is 0 Å². The third-order valence-electron chi connectivity index (χ3n) is 2.23. The van der Waals surface area contributed by atoms with Crippen molar-refractivity contribution in [1.29, 1.82) is 0 Å². The van der Waals surface area contributed by atoms with Crippen molar-refractivity contribution in [3.8, 4) is 0 Å². The summed E-state index contributed by atoms with van der Waals surface area (Å²) in [6, 6.07) is 8.54. The number of hydrogen-bond donors (Lipinski definition) is 0. The molecule has 16 heavy (non-hydrogen) atoms. The molecule has 0 aliphatic rings. The van der Waals surface area contributed by atoms with Crippen molar-refractivity contribution < 1.29 is 4.74 Å². The highest BCUT2D eigenvalue weighted by atomic mass is 16.5. The molecular weight excluding hydrogens is 196 g/mol. The Hall–Kier alpha value is -0.820. The lowest BCUT2D eigenvalue weighted by molar-refractivity contribution is 0.0470. The lowest BCUT2D eigenvalue weighted by atomic mass is 10.1. The highest BCUT2D eigenvalue weighted by molar-refractivity contribution is 5.22. The second kappa shape index (κ2) is 8.35. The minimum absolute atomic E-state index is 0.206. The van der Waals surface area contributed by atoms with Crippen LogP contribution in [0.15, 0.2) is 24.3 Å².